The van der Waals surface area contributed by atoms with Gasteiger partial charge in [0.2, 0.25) is 0 Å². The van der Waals surface area contributed by atoms with E-state index in [4.69, 9.17) is 16.3 Å². The summed E-state index contributed by atoms with van der Waals surface area (Å²) in [6.07, 6.45) is -4.52. The first-order chi connectivity index (χ1) is 13.2. The minimum atomic E-state index is -4.52. The predicted molar refractivity (Wildman–Crippen MR) is 98.1 cm³/mol. The molecular formula is C18H15ClF3N3O3. The number of rotatable bonds is 5. The summed E-state index contributed by atoms with van der Waals surface area (Å²) in [5.41, 5.74) is 0.757. The highest BCUT2D eigenvalue weighted by atomic mass is 35.5. The number of nitrogens with zero attached hydrogens (tertiary/aromatic N) is 1. The van der Waals surface area contributed by atoms with Gasteiger partial charge in [0.05, 0.1) is 5.69 Å². The molecule has 1 fully saturated rings. The monoisotopic (exact) mass is 413 g/mol. The summed E-state index contributed by atoms with van der Waals surface area (Å²) in [6.45, 7) is -0.539. The zero-order chi connectivity index (χ0) is 20.3. The van der Waals surface area contributed by atoms with E-state index in [2.05, 4.69) is 10.6 Å². The van der Waals surface area contributed by atoms with Gasteiger partial charge in [-0.15, -0.1) is 0 Å². The number of benzene rings is 2. The first-order valence-electron chi connectivity index (χ1n) is 8.19. The molecule has 0 aromatic heterocycles. The number of ether oxygens (including phenoxy) is 1. The van der Waals surface area contributed by atoms with Crippen molar-refractivity contribution in [1.82, 2.24) is 5.32 Å². The van der Waals surface area contributed by atoms with E-state index in [0.29, 0.717) is 18.8 Å². The first kappa shape index (κ1) is 19.8. The number of carbonyl (C=O) groups is 2. The van der Waals surface area contributed by atoms with Gasteiger partial charge in [-0.25, -0.2) is 4.79 Å². The van der Waals surface area contributed by atoms with Crippen molar-refractivity contribution in [3.63, 3.8) is 0 Å². The second kappa shape index (κ2) is 7.97. The maximum absolute atomic E-state index is 12.6. The van der Waals surface area contributed by atoms with Gasteiger partial charge in [-0.1, -0.05) is 17.7 Å². The number of halogens is 4. The summed E-state index contributed by atoms with van der Waals surface area (Å²) >= 11 is 5.88. The predicted octanol–water partition coefficient (Wildman–Crippen LogP) is 4.06. The van der Waals surface area contributed by atoms with Gasteiger partial charge in [0.1, 0.15) is 5.75 Å². The summed E-state index contributed by atoms with van der Waals surface area (Å²) < 4.78 is 42.0. The Morgan fingerprint density at radius 3 is 2.71 bits per heavy atom. The number of nitrogens with one attached hydrogen (secondary N) is 2. The van der Waals surface area contributed by atoms with Crippen LogP contribution < -0.4 is 20.3 Å². The topological polar surface area (TPSA) is 70.7 Å². The molecule has 1 heterocycles. The largest absolute Gasteiger partial charge is 0.482 e. The van der Waals surface area contributed by atoms with Crippen molar-refractivity contribution < 1.29 is 27.5 Å². The van der Waals surface area contributed by atoms with Crippen molar-refractivity contribution in [3.05, 3.63) is 53.1 Å². The summed E-state index contributed by atoms with van der Waals surface area (Å²) in [6, 6.07) is 9.95. The van der Waals surface area contributed by atoms with E-state index in [1.807, 2.05) is 0 Å². The third-order valence-electron chi connectivity index (χ3n) is 3.86. The molecule has 0 aliphatic carbocycles. The summed E-state index contributed by atoms with van der Waals surface area (Å²) in [5, 5.41) is 5.38. The summed E-state index contributed by atoms with van der Waals surface area (Å²) in [7, 11) is 0. The Balaban J connectivity index is 1.79. The van der Waals surface area contributed by atoms with Crippen LogP contribution in [0.15, 0.2) is 42.5 Å². The van der Waals surface area contributed by atoms with E-state index in [1.165, 1.54) is 35.2 Å². The SMILES string of the molecule is O=C(Nc1cc(Cl)ccc1OCC(F)(F)F)c1cccc(N2CCNC2=O)c1. The van der Waals surface area contributed by atoms with Crippen molar-refractivity contribution in [2.75, 3.05) is 29.9 Å². The fourth-order valence-electron chi connectivity index (χ4n) is 2.61. The van der Waals surface area contributed by atoms with Crippen LogP contribution in [0, 0.1) is 0 Å². The third-order valence-corrected chi connectivity index (χ3v) is 4.09. The Labute approximate surface area is 163 Å². The molecule has 28 heavy (non-hydrogen) atoms. The highest BCUT2D eigenvalue weighted by molar-refractivity contribution is 6.31. The molecule has 0 unspecified atom stereocenters. The molecule has 0 spiro atoms. The molecule has 2 aromatic rings. The quantitative estimate of drug-likeness (QED) is 0.776. The third kappa shape index (κ3) is 4.86. The maximum Gasteiger partial charge on any atom is 0.422 e. The molecule has 1 saturated heterocycles. The Morgan fingerprint density at radius 2 is 2.04 bits per heavy atom. The van der Waals surface area contributed by atoms with Crippen molar-refractivity contribution >= 4 is 34.9 Å². The van der Waals surface area contributed by atoms with Gasteiger partial charge < -0.3 is 15.4 Å². The fourth-order valence-corrected chi connectivity index (χ4v) is 2.78. The second-order valence-electron chi connectivity index (χ2n) is 5.93. The van der Waals surface area contributed by atoms with Crippen molar-refractivity contribution in [2.45, 2.75) is 6.18 Å². The van der Waals surface area contributed by atoms with Gasteiger partial charge in [0.25, 0.3) is 5.91 Å². The van der Waals surface area contributed by atoms with Crippen LogP contribution in [0.4, 0.5) is 29.3 Å². The molecule has 6 nitrogen and oxygen atoms in total. The molecule has 148 valence electrons. The van der Waals surface area contributed by atoms with E-state index >= 15 is 0 Å². The average molecular weight is 414 g/mol. The summed E-state index contributed by atoms with van der Waals surface area (Å²) in [5.74, 6) is -0.745. The van der Waals surface area contributed by atoms with Gasteiger partial charge in [-0.05, 0) is 36.4 Å². The average Bonchev–Trinajstić information content (AvgIpc) is 3.06. The molecule has 0 saturated carbocycles. The lowest BCUT2D eigenvalue weighted by Crippen LogP contribution is -2.27. The van der Waals surface area contributed by atoms with Crippen LogP contribution in [-0.2, 0) is 0 Å². The minimum Gasteiger partial charge on any atom is -0.482 e. The van der Waals surface area contributed by atoms with Crippen LogP contribution in [0.2, 0.25) is 5.02 Å². The van der Waals surface area contributed by atoms with Gasteiger partial charge >= 0.3 is 12.2 Å². The molecule has 1 aliphatic rings. The Bertz CT molecular complexity index is 905. The van der Waals surface area contributed by atoms with Crippen molar-refractivity contribution in [1.29, 1.82) is 0 Å². The zero-order valence-corrected chi connectivity index (χ0v) is 15.1. The van der Waals surface area contributed by atoms with E-state index < -0.39 is 18.7 Å². The molecule has 2 N–H and O–H groups in total. The van der Waals surface area contributed by atoms with Crippen LogP contribution in [-0.4, -0.2) is 37.8 Å². The minimum absolute atomic E-state index is 0.00562. The van der Waals surface area contributed by atoms with Crippen molar-refractivity contribution in [2.24, 2.45) is 0 Å². The summed E-state index contributed by atoms with van der Waals surface area (Å²) in [4.78, 5) is 25.8. The highest BCUT2D eigenvalue weighted by Gasteiger charge is 2.29. The molecule has 2 aromatic carbocycles. The smallest absolute Gasteiger partial charge is 0.422 e. The van der Waals surface area contributed by atoms with Gasteiger partial charge in [-0.2, -0.15) is 13.2 Å². The second-order valence-corrected chi connectivity index (χ2v) is 6.37. The molecule has 0 bridgehead atoms. The number of urea groups is 1. The van der Waals surface area contributed by atoms with Gasteiger partial charge in [-0.3, -0.25) is 9.69 Å². The Morgan fingerprint density at radius 1 is 1.25 bits per heavy atom. The molecule has 0 radical (unpaired) electrons. The number of alkyl halides is 3. The van der Waals surface area contributed by atoms with Crippen LogP contribution in [0.25, 0.3) is 0 Å². The highest BCUT2D eigenvalue weighted by Crippen LogP contribution is 2.30. The van der Waals surface area contributed by atoms with Crippen LogP contribution in [0.1, 0.15) is 10.4 Å². The molecule has 3 amide bonds. The van der Waals surface area contributed by atoms with Crippen LogP contribution in [0.5, 0.6) is 5.75 Å². The maximum atomic E-state index is 12.6. The number of anilines is 2. The van der Waals surface area contributed by atoms with Gasteiger partial charge in [0, 0.05) is 29.4 Å². The normalized spacial score (nSPS) is 14.0. The van der Waals surface area contributed by atoms with E-state index in [0.717, 1.165) is 0 Å². The van der Waals surface area contributed by atoms with E-state index in [-0.39, 0.29) is 28.1 Å². The fraction of sp³-hybridized carbons (Fsp3) is 0.222. The standard InChI is InChI=1S/C18H15ClF3N3O3/c19-12-4-5-15(28-10-18(20,21)22)14(9-12)24-16(26)11-2-1-3-13(8-11)25-7-6-23-17(25)27/h1-5,8-9H,6-7,10H2,(H,23,27)(H,24,26). The lowest BCUT2D eigenvalue weighted by Gasteiger charge is -2.16. The molecule has 10 heteroatoms. The molecule has 1 aliphatic heterocycles. The van der Waals surface area contributed by atoms with Crippen molar-refractivity contribution in [3.8, 4) is 5.75 Å². The first-order valence-corrected chi connectivity index (χ1v) is 8.56. The Kier molecular flexibility index (Phi) is 5.64. The van der Waals surface area contributed by atoms with E-state index in [9.17, 15) is 22.8 Å². The number of amides is 3. The van der Waals surface area contributed by atoms with E-state index in [1.54, 1.807) is 12.1 Å². The lowest BCUT2D eigenvalue weighted by atomic mass is 10.1. The number of hydrogen-bond acceptors (Lipinski definition) is 3. The lowest BCUT2D eigenvalue weighted by molar-refractivity contribution is -0.153. The number of hydrogen-bond donors (Lipinski definition) is 2. The Hall–Kier alpha value is -2.94. The van der Waals surface area contributed by atoms with Gasteiger partial charge in [0.15, 0.2) is 6.61 Å². The molecule has 0 atom stereocenters. The molecular weight excluding hydrogens is 399 g/mol. The van der Waals surface area contributed by atoms with Crippen LogP contribution in [0.3, 0.4) is 0 Å². The van der Waals surface area contributed by atoms with Crippen LogP contribution >= 0.6 is 11.6 Å². The zero-order valence-electron chi connectivity index (χ0n) is 14.3. The molecule has 3 rings (SSSR count). The number of carbonyl (C=O) groups excluding carboxylic acids is 2.